The summed E-state index contributed by atoms with van der Waals surface area (Å²) in [5.41, 5.74) is 8.34. The number of Topliss-reactive ketones (excluding diaryl/α,β-unsaturated/α-hetero) is 1. The highest BCUT2D eigenvalue weighted by Gasteiger charge is 2.36. The number of amides is 1. The minimum atomic E-state index is -0.336. The molecule has 4 heteroatoms. The van der Waals surface area contributed by atoms with Crippen LogP contribution in [-0.4, -0.2) is 35.7 Å². The highest BCUT2D eigenvalue weighted by atomic mass is 16.2. The second-order valence-electron chi connectivity index (χ2n) is 5.11. The highest BCUT2D eigenvalue weighted by molar-refractivity contribution is 6.04. The van der Waals surface area contributed by atoms with Crippen LogP contribution in [0.4, 0.5) is 0 Å². The fourth-order valence-corrected chi connectivity index (χ4v) is 2.70. The van der Waals surface area contributed by atoms with E-state index < -0.39 is 0 Å². The summed E-state index contributed by atoms with van der Waals surface area (Å²) in [6, 6.07) is 5.45. The SMILES string of the molecule is Cc1ccc(C(=O)C2CCC(=O)N2CCN)c(C)c1. The molecule has 0 bridgehead atoms. The van der Waals surface area contributed by atoms with Crippen LogP contribution in [0.2, 0.25) is 0 Å². The lowest BCUT2D eigenvalue weighted by molar-refractivity contribution is -0.128. The van der Waals surface area contributed by atoms with Crippen molar-refractivity contribution in [2.24, 2.45) is 5.73 Å². The number of rotatable bonds is 4. The van der Waals surface area contributed by atoms with Gasteiger partial charge in [0.15, 0.2) is 5.78 Å². The number of hydrogen-bond donors (Lipinski definition) is 1. The third-order valence-corrected chi connectivity index (χ3v) is 3.65. The third-order valence-electron chi connectivity index (χ3n) is 3.65. The van der Waals surface area contributed by atoms with Gasteiger partial charge in [0.1, 0.15) is 0 Å². The predicted molar refractivity (Wildman–Crippen MR) is 74.0 cm³/mol. The molecule has 0 spiro atoms. The van der Waals surface area contributed by atoms with Crippen LogP contribution in [0, 0.1) is 13.8 Å². The molecule has 1 fully saturated rings. The van der Waals surface area contributed by atoms with Crippen molar-refractivity contribution in [3.63, 3.8) is 0 Å². The van der Waals surface area contributed by atoms with E-state index in [1.54, 1.807) is 4.90 Å². The number of aryl methyl sites for hydroxylation is 2. The van der Waals surface area contributed by atoms with Crippen LogP contribution < -0.4 is 5.73 Å². The molecule has 1 saturated heterocycles. The summed E-state index contributed by atoms with van der Waals surface area (Å²) in [5, 5.41) is 0. The van der Waals surface area contributed by atoms with E-state index in [0.29, 0.717) is 31.5 Å². The van der Waals surface area contributed by atoms with Gasteiger partial charge in [0.2, 0.25) is 5.91 Å². The summed E-state index contributed by atoms with van der Waals surface area (Å²) < 4.78 is 0. The largest absolute Gasteiger partial charge is 0.331 e. The van der Waals surface area contributed by atoms with Crippen molar-refractivity contribution >= 4 is 11.7 Å². The zero-order chi connectivity index (χ0) is 14.0. The number of hydrogen-bond acceptors (Lipinski definition) is 3. The second kappa shape index (κ2) is 5.53. The molecule has 0 aromatic heterocycles. The summed E-state index contributed by atoms with van der Waals surface area (Å²) in [6.07, 6.45) is 1.05. The predicted octanol–water partition coefficient (Wildman–Crippen LogP) is 1.44. The molecule has 1 unspecified atom stereocenters. The Labute approximate surface area is 113 Å². The Morgan fingerprint density at radius 3 is 2.79 bits per heavy atom. The number of benzene rings is 1. The van der Waals surface area contributed by atoms with Gasteiger partial charge in [0.25, 0.3) is 0 Å². The molecule has 2 rings (SSSR count). The van der Waals surface area contributed by atoms with Gasteiger partial charge in [-0.3, -0.25) is 9.59 Å². The number of nitrogens with two attached hydrogens (primary N) is 1. The van der Waals surface area contributed by atoms with E-state index in [2.05, 4.69) is 0 Å². The van der Waals surface area contributed by atoms with Crippen molar-refractivity contribution in [3.05, 3.63) is 34.9 Å². The summed E-state index contributed by atoms with van der Waals surface area (Å²) in [6.45, 7) is 4.79. The van der Waals surface area contributed by atoms with Gasteiger partial charge in [-0.1, -0.05) is 23.8 Å². The van der Waals surface area contributed by atoms with E-state index in [9.17, 15) is 9.59 Å². The van der Waals surface area contributed by atoms with Gasteiger partial charge in [0.05, 0.1) is 6.04 Å². The first-order valence-corrected chi connectivity index (χ1v) is 6.65. The minimum Gasteiger partial charge on any atom is -0.331 e. The molecule has 1 heterocycles. The van der Waals surface area contributed by atoms with Crippen molar-refractivity contribution in [1.82, 2.24) is 4.90 Å². The summed E-state index contributed by atoms with van der Waals surface area (Å²) >= 11 is 0. The average molecular weight is 260 g/mol. The standard InChI is InChI=1S/C15H20N2O2/c1-10-3-4-12(11(2)9-10)15(19)13-5-6-14(18)17(13)8-7-16/h3-4,9,13H,5-8,16H2,1-2H3. The van der Waals surface area contributed by atoms with Gasteiger partial charge >= 0.3 is 0 Å². The van der Waals surface area contributed by atoms with Crippen LogP contribution in [0.3, 0.4) is 0 Å². The van der Waals surface area contributed by atoms with E-state index in [0.717, 1.165) is 11.1 Å². The van der Waals surface area contributed by atoms with Crippen molar-refractivity contribution in [1.29, 1.82) is 0 Å². The number of carbonyl (C=O) groups is 2. The number of likely N-dealkylation sites (tertiary alicyclic amines) is 1. The van der Waals surface area contributed by atoms with Crippen molar-refractivity contribution < 1.29 is 9.59 Å². The smallest absolute Gasteiger partial charge is 0.223 e. The zero-order valence-corrected chi connectivity index (χ0v) is 11.5. The van der Waals surface area contributed by atoms with Crippen molar-refractivity contribution in [2.75, 3.05) is 13.1 Å². The topological polar surface area (TPSA) is 63.4 Å². The van der Waals surface area contributed by atoms with Crippen LogP contribution in [0.25, 0.3) is 0 Å². The molecule has 0 saturated carbocycles. The molecule has 102 valence electrons. The van der Waals surface area contributed by atoms with Gasteiger partial charge in [-0.05, 0) is 25.8 Å². The summed E-state index contributed by atoms with van der Waals surface area (Å²) in [7, 11) is 0. The molecule has 1 aromatic carbocycles. The van der Waals surface area contributed by atoms with E-state index in [1.165, 1.54) is 0 Å². The quantitative estimate of drug-likeness (QED) is 0.833. The molecule has 4 nitrogen and oxygen atoms in total. The molecule has 1 aromatic rings. The lowest BCUT2D eigenvalue weighted by atomic mass is 9.96. The Balaban J connectivity index is 2.25. The Morgan fingerprint density at radius 1 is 1.42 bits per heavy atom. The highest BCUT2D eigenvalue weighted by Crippen LogP contribution is 2.23. The first-order valence-electron chi connectivity index (χ1n) is 6.65. The number of nitrogens with zero attached hydrogens (tertiary/aromatic N) is 1. The zero-order valence-electron chi connectivity index (χ0n) is 11.5. The number of ketones is 1. The third kappa shape index (κ3) is 2.68. The molecule has 0 aliphatic carbocycles. The molecule has 1 aliphatic heterocycles. The summed E-state index contributed by atoms with van der Waals surface area (Å²) in [4.78, 5) is 26.0. The van der Waals surface area contributed by atoms with E-state index >= 15 is 0 Å². The molecular formula is C15H20N2O2. The Bertz CT molecular complexity index is 511. The van der Waals surface area contributed by atoms with Gasteiger partial charge in [-0.15, -0.1) is 0 Å². The van der Waals surface area contributed by atoms with Gasteiger partial charge in [0, 0.05) is 25.1 Å². The molecule has 19 heavy (non-hydrogen) atoms. The van der Waals surface area contributed by atoms with Crippen LogP contribution in [0.5, 0.6) is 0 Å². The first kappa shape index (κ1) is 13.7. The monoisotopic (exact) mass is 260 g/mol. The van der Waals surface area contributed by atoms with E-state index in [1.807, 2.05) is 32.0 Å². The van der Waals surface area contributed by atoms with E-state index in [4.69, 9.17) is 5.73 Å². The summed E-state index contributed by atoms with van der Waals surface area (Å²) in [5.74, 6) is 0.0744. The molecule has 1 amide bonds. The number of carbonyl (C=O) groups excluding carboxylic acids is 2. The fourth-order valence-electron chi connectivity index (χ4n) is 2.70. The van der Waals surface area contributed by atoms with Gasteiger partial charge in [-0.2, -0.15) is 0 Å². The Hall–Kier alpha value is -1.68. The average Bonchev–Trinajstić information content (AvgIpc) is 2.71. The van der Waals surface area contributed by atoms with Crippen molar-refractivity contribution in [2.45, 2.75) is 32.7 Å². The second-order valence-corrected chi connectivity index (χ2v) is 5.11. The molecular weight excluding hydrogens is 240 g/mol. The molecule has 2 N–H and O–H groups in total. The Morgan fingerprint density at radius 2 is 2.16 bits per heavy atom. The van der Waals surface area contributed by atoms with Crippen LogP contribution in [0.15, 0.2) is 18.2 Å². The first-order chi connectivity index (χ1) is 9.04. The van der Waals surface area contributed by atoms with Crippen LogP contribution >= 0.6 is 0 Å². The van der Waals surface area contributed by atoms with E-state index in [-0.39, 0.29) is 17.7 Å². The maximum Gasteiger partial charge on any atom is 0.223 e. The minimum absolute atomic E-state index is 0.0357. The maximum absolute atomic E-state index is 12.6. The molecule has 0 radical (unpaired) electrons. The van der Waals surface area contributed by atoms with Gasteiger partial charge in [-0.25, -0.2) is 0 Å². The maximum atomic E-state index is 12.6. The normalized spacial score (nSPS) is 19.0. The van der Waals surface area contributed by atoms with Crippen LogP contribution in [-0.2, 0) is 4.79 Å². The lowest BCUT2D eigenvalue weighted by Gasteiger charge is -2.23. The van der Waals surface area contributed by atoms with Gasteiger partial charge < -0.3 is 10.6 Å². The molecule has 1 aliphatic rings. The fraction of sp³-hybridized carbons (Fsp3) is 0.467. The Kier molecular flexibility index (Phi) is 4.00. The van der Waals surface area contributed by atoms with Crippen molar-refractivity contribution in [3.8, 4) is 0 Å². The van der Waals surface area contributed by atoms with Crippen LogP contribution in [0.1, 0.15) is 34.3 Å². The lowest BCUT2D eigenvalue weighted by Crippen LogP contribution is -2.41. The molecule has 1 atom stereocenters.